The van der Waals surface area contributed by atoms with Gasteiger partial charge in [0.25, 0.3) is 0 Å². The second kappa shape index (κ2) is 7.85. The second-order valence-corrected chi connectivity index (χ2v) is 6.46. The number of anilines is 1. The highest BCUT2D eigenvalue weighted by Gasteiger charge is 2.41. The molecule has 1 heterocycles. The molecule has 24 heavy (non-hydrogen) atoms. The Kier molecular flexibility index (Phi) is 5.58. The fraction of sp³-hybridized carbons (Fsp3) is 0.611. The van der Waals surface area contributed by atoms with Crippen LogP contribution >= 0.6 is 0 Å². The van der Waals surface area contributed by atoms with Crippen molar-refractivity contribution in [1.29, 1.82) is 0 Å². The second-order valence-electron chi connectivity index (χ2n) is 6.46. The number of guanidine groups is 1. The molecule has 0 bridgehead atoms. The molecule has 3 rings (SSSR count). The van der Waals surface area contributed by atoms with Crippen molar-refractivity contribution in [2.24, 2.45) is 10.7 Å². The smallest absolute Gasteiger partial charge is 0.193 e. The Bertz CT molecular complexity index is 551. The first-order chi connectivity index (χ1) is 11.7. The average molecular weight is 333 g/mol. The monoisotopic (exact) mass is 333 g/mol. The van der Waals surface area contributed by atoms with Crippen LogP contribution in [0.4, 0.5) is 5.69 Å². The molecule has 1 spiro atoms. The van der Waals surface area contributed by atoms with E-state index in [1.165, 1.54) is 25.7 Å². The van der Waals surface area contributed by atoms with Crippen molar-refractivity contribution >= 4 is 11.6 Å². The van der Waals surface area contributed by atoms with Crippen molar-refractivity contribution in [3.05, 3.63) is 24.3 Å². The Labute approximate surface area is 143 Å². The molecule has 6 nitrogen and oxygen atoms in total. The third kappa shape index (κ3) is 4.39. The molecular weight excluding hydrogens is 306 g/mol. The summed E-state index contributed by atoms with van der Waals surface area (Å²) in [6.07, 6.45) is 6.87. The summed E-state index contributed by atoms with van der Waals surface area (Å²) in [6, 6.07) is 7.55. The van der Waals surface area contributed by atoms with E-state index in [9.17, 15) is 0 Å². The Morgan fingerprint density at radius 2 is 1.96 bits per heavy atom. The van der Waals surface area contributed by atoms with Crippen LogP contribution in [0.3, 0.4) is 0 Å². The normalized spacial score (nSPS) is 23.9. The lowest BCUT2D eigenvalue weighted by atomic mass is 10.1. The van der Waals surface area contributed by atoms with Crippen molar-refractivity contribution < 1.29 is 14.2 Å². The molecule has 1 saturated carbocycles. The summed E-state index contributed by atoms with van der Waals surface area (Å²) in [7, 11) is 1.64. The van der Waals surface area contributed by atoms with E-state index in [4.69, 9.17) is 19.9 Å². The molecule has 0 aromatic heterocycles. The van der Waals surface area contributed by atoms with Gasteiger partial charge in [0.1, 0.15) is 11.9 Å². The van der Waals surface area contributed by atoms with Gasteiger partial charge in [0, 0.05) is 18.5 Å². The Morgan fingerprint density at radius 3 is 2.62 bits per heavy atom. The highest BCUT2D eigenvalue weighted by Crippen LogP contribution is 2.36. The molecule has 1 aliphatic heterocycles. The third-order valence-corrected chi connectivity index (χ3v) is 4.61. The topological polar surface area (TPSA) is 78.1 Å². The van der Waals surface area contributed by atoms with Gasteiger partial charge in [0.05, 0.1) is 20.3 Å². The molecule has 132 valence electrons. The SMILES string of the molecule is COc1ccc(NC(N)=NCC2COC3(CCCCCC3)O2)cc1. The molecular formula is C18H27N3O3. The number of benzene rings is 1. The van der Waals surface area contributed by atoms with Gasteiger partial charge in [0.2, 0.25) is 0 Å². The summed E-state index contributed by atoms with van der Waals surface area (Å²) in [5, 5.41) is 3.07. The van der Waals surface area contributed by atoms with Crippen LogP contribution in [0.5, 0.6) is 5.75 Å². The van der Waals surface area contributed by atoms with Crippen molar-refractivity contribution in [1.82, 2.24) is 0 Å². The van der Waals surface area contributed by atoms with Gasteiger partial charge in [-0.25, -0.2) is 0 Å². The summed E-state index contributed by atoms with van der Waals surface area (Å²) < 4.78 is 17.3. The number of nitrogens with two attached hydrogens (primary N) is 1. The molecule has 1 aromatic rings. The molecule has 1 saturated heterocycles. The first-order valence-corrected chi connectivity index (χ1v) is 8.72. The molecule has 2 fully saturated rings. The molecule has 1 atom stereocenters. The van der Waals surface area contributed by atoms with Gasteiger partial charge in [-0.15, -0.1) is 0 Å². The molecule has 0 radical (unpaired) electrons. The fourth-order valence-corrected chi connectivity index (χ4v) is 3.30. The number of ether oxygens (including phenoxy) is 3. The maximum absolute atomic E-state index is 6.17. The first kappa shape index (κ1) is 17.0. The van der Waals surface area contributed by atoms with Crippen LogP contribution in [-0.4, -0.2) is 38.1 Å². The van der Waals surface area contributed by atoms with Crippen molar-refractivity contribution in [3.63, 3.8) is 0 Å². The zero-order valence-electron chi connectivity index (χ0n) is 14.3. The summed E-state index contributed by atoms with van der Waals surface area (Å²) in [4.78, 5) is 4.39. The zero-order chi connectivity index (χ0) is 16.8. The zero-order valence-corrected chi connectivity index (χ0v) is 14.3. The lowest BCUT2D eigenvalue weighted by Gasteiger charge is -2.26. The Balaban J connectivity index is 1.49. The van der Waals surface area contributed by atoms with E-state index in [0.717, 1.165) is 24.3 Å². The largest absolute Gasteiger partial charge is 0.497 e. The molecule has 1 unspecified atom stereocenters. The highest BCUT2D eigenvalue weighted by atomic mass is 16.7. The summed E-state index contributed by atoms with van der Waals surface area (Å²) >= 11 is 0. The Hall–Kier alpha value is -1.79. The predicted molar refractivity (Wildman–Crippen MR) is 94.4 cm³/mol. The molecule has 1 aromatic carbocycles. The third-order valence-electron chi connectivity index (χ3n) is 4.61. The van der Waals surface area contributed by atoms with Crippen LogP contribution in [0.15, 0.2) is 29.3 Å². The maximum atomic E-state index is 6.17. The fourth-order valence-electron chi connectivity index (χ4n) is 3.30. The number of nitrogens with zero attached hydrogens (tertiary/aromatic N) is 1. The predicted octanol–water partition coefficient (Wildman–Crippen LogP) is 2.89. The van der Waals surface area contributed by atoms with E-state index in [2.05, 4.69) is 10.3 Å². The highest BCUT2D eigenvalue weighted by molar-refractivity contribution is 5.92. The molecule has 1 aliphatic carbocycles. The van der Waals surface area contributed by atoms with Crippen LogP contribution in [0, 0.1) is 0 Å². The molecule has 2 aliphatic rings. The van der Waals surface area contributed by atoms with Crippen LogP contribution in [-0.2, 0) is 9.47 Å². The quantitative estimate of drug-likeness (QED) is 0.654. The summed E-state index contributed by atoms with van der Waals surface area (Å²) in [5.41, 5.74) is 6.84. The minimum Gasteiger partial charge on any atom is -0.497 e. The maximum Gasteiger partial charge on any atom is 0.193 e. The summed E-state index contributed by atoms with van der Waals surface area (Å²) in [5.74, 6) is 0.821. The van der Waals surface area contributed by atoms with Gasteiger partial charge < -0.3 is 25.3 Å². The number of rotatable bonds is 4. The standard InChI is InChI=1S/C18H27N3O3/c1-22-15-8-6-14(7-9-15)21-17(19)20-12-16-13-23-18(24-16)10-4-2-3-5-11-18/h6-9,16H,2-5,10-13H2,1H3,(H3,19,20,21). The number of aliphatic imine (C=N–C) groups is 1. The average Bonchev–Trinajstić information content (AvgIpc) is 2.85. The van der Waals surface area contributed by atoms with Gasteiger partial charge in [-0.05, 0) is 37.1 Å². The van der Waals surface area contributed by atoms with E-state index in [-0.39, 0.29) is 11.9 Å². The molecule has 6 heteroatoms. The van der Waals surface area contributed by atoms with Crippen LogP contribution in [0.2, 0.25) is 0 Å². The number of hydrogen-bond donors (Lipinski definition) is 2. The lowest BCUT2D eigenvalue weighted by molar-refractivity contribution is -0.174. The van der Waals surface area contributed by atoms with Gasteiger partial charge in [-0.2, -0.15) is 0 Å². The number of nitrogens with one attached hydrogen (secondary N) is 1. The molecule has 3 N–H and O–H groups in total. The van der Waals surface area contributed by atoms with Crippen LogP contribution in [0.1, 0.15) is 38.5 Å². The van der Waals surface area contributed by atoms with Gasteiger partial charge in [-0.3, -0.25) is 4.99 Å². The molecule has 0 amide bonds. The number of hydrogen-bond acceptors (Lipinski definition) is 4. The summed E-state index contributed by atoms with van der Waals surface area (Å²) in [6.45, 7) is 1.11. The van der Waals surface area contributed by atoms with Crippen LogP contribution in [0.25, 0.3) is 0 Å². The van der Waals surface area contributed by atoms with Crippen molar-refractivity contribution in [2.75, 3.05) is 25.6 Å². The Morgan fingerprint density at radius 1 is 1.25 bits per heavy atom. The lowest BCUT2D eigenvalue weighted by Crippen LogP contribution is -2.31. The van der Waals surface area contributed by atoms with Gasteiger partial charge >= 0.3 is 0 Å². The van der Waals surface area contributed by atoms with E-state index in [1.807, 2.05) is 24.3 Å². The van der Waals surface area contributed by atoms with Crippen molar-refractivity contribution in [3.8, 4) is 5.75 Å². The van der Waals surface area contributed by atoms with Crippen molar-refractivity contribution in [2.45, 2.75) is 50.4 Å². The van der Waals surface area contributed by atoms with E-state index >= 15 is 0 Å². The van der Waals surface area contributed by atoms with E-state index < -0.39 is 0 Å². The minimum absolute atomic E-state index is 0.0145. The first-order valence-electron chi connectivity index (χ1n) is 8.72. The van der Waals surface area contributed by atoms with Gasteiger partial charge in [-0.1, -0.05) is 12.8 Å². The minimum atomic E-state index is -0.366. The van der Waals surface area contributed by atoms with Crippen LogP contribution < -0.4 is 15.8 Å². The van der Waals surface area contributed by atoms with E-state index in [1.54, 1.807) is 7.11 Å². The van der Waals surface area contributed by atoms with E-state index in [0.29, 0.717) is 19.1 Å². The number of methoxy groups -OCH3 is 1. The van der Waals surface area contributed by atoms with Gasteiger partial charge in [0.15, 0.2) is 11.7 Å².